The van der Waals surface area contributed by atoms with E-state index in [1.165, 1.54) is 7.11 Å². The molecule has 1 aromatic heterocycles. The summed E-state index contributed by atoms with van der Waals surface area (Å²) in [5, 5.41) is 10.5. The van der Waals surface area contributed by atoms with Crippen LogP contribution in [0.1, 0.15) is 32.8 Å². The Labute approximate surface area is 256 Å². The number of anilines is 4. The third-order valence-electron chi connectivity index (χ3n) is 6.94. The van der Waals surface area contributed by atoms with Gasteiger partial charge in [-0.25, -0.2) is 18.2 Å². The Morgan fingerprint density at radius 3 is 2.41 bits per heavy atom. The molecule has 0 bridgehead atoms. The number of rotatable bonds is 9. The predicted molar refractivity (Wildman–Crippen MR) is 172 cm³/mol. The van der Waals surface area contributed by atoms with E-state index in [0.717, 1.165) is 29.0 Å². The zero-order valence-electron chi connectivity index (χ0n) is 25.2. The van der Waals surface area contributed by atoms with Crippen LogP contribution in [0.2, 0.25) is 0 Å². The number of aromatic nitrogens is 2. The molecule has 0 radical (unpaired) electrons. The molecule has 4 N–H and O–H groups in total. The van der Waals surface area contributed by atoms with Crippen molar-refractivity contribution >= 4 is 49.8 Å². The number of urea groups is 1. The maximum atomic E-state index is 13.3. The van der Waals surface area contributed by atoms with E-state index in [2.05, 4.69) is 30.6 Å². The van der Waals surface area contributed by atoms with Gasteiger partial charge < -0.3 is 30.2 Å². The van der Waals surface area contributed by atoms with Gasteiger partial charge in [0.25, 0.3) is 0 Å². The Morgan fingerprint density at radius 2 is 1.73 bits per heavy atom. The molecule has 5 rings (SSSR count). The van der Waals surface area contributed by atoms with Crippen LogP contribution in [0.15, 0.2) is 60.8 Å². The van der Waals surface area contributed by atoms with Gasteiger partial charge in [0.05, 0.1) is 43.1 Å². The van der Waals surface area contributed by atoms with E-state index >= 15 is 0 Å². The van der Waals surface area contributed by atoms with E-state index < -0.39 is 16.1 Å². The molecule has 4 aromatic rings. The van der Waals surface area contributed by atoms with E-state index in [0.29, 0.717) is 42.2 Å². The van der Waals surface area contributed by atoms with Crippen LogP contribution in [0.4, 0.5) is 27.8 Å². The topological polar surface area (TPSA) is 153 Å². The lowest BCUT2D eigenvalue weighted by Gasteiger charge is -2.24. The minimum atomic E-state index is -3.61. The molecule has 1 fully saturated rings. The summed E-state index contributed by atoms with van der Waals surface area (Å²) in [6.07, 6.45) is 3.57. The van der Waals surface area contributed by atoms with Gasteiger partial charge in [-0.3, -0.25) is 4.72 Å². The molecule has 1 aliphatic heterocycles. The van der Waals surface area contributed by atoms with Crippen molar-refractivity contribution in [3.8, 4) is 17.4 Å². The van der Waals surface area contributed by atoms with Gasteiger partial charge >= 0.3 is 6.03 Å². The third kappa shape index (κ3) is 7.47. The summed E-state index contributed by atoms with van der Waals surface area (Å²) in [5.41, 5.74) is 1.53. The number of carbonyl (C=O) groups is 1. The van der Waals surface area contributed by atoms with E-state index in [1.807, 2.05) is 45.0 Å². The summed E-state index contributed by atoms with van der Waals surface area (Å²) in [7, 11) is -2.20. The van der Waals surface area contributed by atoms with Crippen molar-refractivity contribution in [3.05, 3.63) is 66.4 Å². The van der Waals surface area contributed by atoms with Crippen LogP contribution >= 0.6 is 0 Å². The highest BCUT2D eigenvalue weighted by Crippen LogP contribution is 2.39. The van der Waals surface area contributed by atoms with Crippen molar-refractivity contribution in [2.75, 3.05) is 47.3 Å². The minimum absolute atomic E-state index is 0.154. The van der Waals surface area contributed by atoms with Crippen molar-refractivity contribution in [1.82, 2.24) is 9.97 Å². The maximum Gasteiger partial charge on any atom is 0.323 e. The summed E-state index contributed by atoms with van der Waals surface area (Å²) < 4.78 is 43.7. The lowest BCUT2D eigenvalue weighted by atomic mass is 9.86. The van der Waals surface area contributed by atoms with E-state index in [9.17, 15) is 13.2 Å². The van der Waals surface area contributed by atoms with Crippen LogP contribution in [0.5, 0.6) is 17.4 Å². The highest BCUT2D eigenvalue weighted by molar-refractivity contribution is 7.92. The summed E-state index contributed by atoms with van der Waals surface area (Å²) in [6.45, 7) is 7.28. The SMILES string of the molecule is COc1c(NC(=O)Nc2ccc(Oc3ccnc(NC4CCOC4)n3)c3ccccc23)cc(C(C)(C)C)cc1NS(C)(=O)=O. The fourth-order valence-corrected chi connectivity index (χ4v) is 5.36. The predicted octanol–water partition coefficient (Wildman–Crippen LogP) is 5.94. The molecule has 44 heavy (non-hydrogen) atoms. The van der Waals surface area contributed by atoms with Crippen LogP contribution in [0.3, 0.4) is 0 Å². The molecule has 0 saturated carbocycles. The first-order valence-corrected chi connectivity index (χ1v) is 15.9. The van der Waals surface area contributed by atoms with E-state index in [-0.39, 0.29) is 22.9 Å². The van der Waals surface area contributed by atoms with Gasteiger partial charge in [-0.2, -0.15) is 4.98 Å². The van der Waals surface area contributed by atoms with Gasteiger partial charge in [-0.1, -0.05) is 45.0 Å². The number of hydrogen-bond donors (Lipinski definition) is 4. The molecule has 0 aliphatic carbocycles. The Kier molecular flexibility index (Phi) is 8.79. The van der Waals surface area contributed by atoms with Crippen molar-refractivity contribution in [3.63, 3.8) is 0 Å². The second-order valence-corrected chi connectivity index (χ2v) is 13.2. The van der Waals surface area contributed by atoms with Crippen LogP contribution in [-0.2, 0) is 20.2 Å². The fraction of sp³-hybridized carbons (Fsp3) is 0.323. The number of benzene rings is 3. The highest BCUT2D eigenvalue weighted by atomic mass is 32.2. The van der Waals surface area contributed by atoms with Crippen LogP contribution < -0.4 is 30.1 Å². The van der Waals surface area contributed by atoms with Gasteiger partial charge in [0, 0.05) is 29.6 Å². The normalized spacial score (nSPS) is 15.1. The monoisotopic (exact) mass is 620 g/mol. The zero-order chi connectivity index (χ0) is 31.5. The summed E-state index contributed by atoms with van der Waals surface area (Å²) >= 11 is 0. The summed E-state index contributed by atoms with van der Waals surface area (Å²) in [4.78, 5) is 22.1. The maximum absolute atomic E-state index is 13.3. The Balaban J connectivity index is 1.39. The average molecular weight is 621 g/mol. The number of methoxy groups -OCH3 is 1. The largest absolute Gasteiger partial charge is 0.492 e. The summed E-state index contributed by atoms with van der Waals surface area (Å²) in [6, 6.07) is 15.8. The molecule has 1 atom stereocenters. The number of hydrogen-bond acceptors (Lipinski definition) is 9. The molecule has 13 heteroatoms. The molecule has 1 aliphatic rings. The number of sulfonamides is 1. The molecule has 2 heterocycles. The lowest BCUT2D eigenvalue weighted by Crippen LogP contribution is -2.22. The van der Waals surface area contributed by atoms with E-state index in [1.54, 1.807) is 36.5 Å². The van der Waals surface area contributed by atoms with Gasteiger partial charge in [-0.05, 0) is 41.7 Å². The second kappa shape index (κ2) is 12.5. The number of fused-ring (bicyclic) bond motifs is 1. The van der Waals surface area contributed by atoms with Gasteiger partial charge in [0.15, 0.2) is 5.75 Å². The van der Waals surface area contributed by atoms with Crippen LogP contribution in [0, 0.1) is 0 Å². The third-order valence-corrected chi connectivity index (χ3v) is 7.53. The standard InChI is InChI=1S/C31H36N6O6S/c1-31(2,3)19-16-24(28(41-4)25(17-19)37-44(5,39)40)35-30(38)34-23-10-11-26(22-9-7-6-8-21(22)23)43-27-12-14-32-29(36-27)33-20-13-15-42-18-20/h6-12,14,16-17,20,37H,13,15,18H2,1-5H3,(H,32,33,36)(H2,34,35,38). The van der Waals surface area contributed by atoms with Gasteiger partial charge in [0.2, 0.25) is 21.9 Å². The molecular weight excluding hydrogens is 584 g/mol. The highest BCUT2D eigenvalue weighted by Gasteiger charge is 2.23. The molecule has 0 spiro atoms. The number of ether oxygens (including phenoxy) is 3. The van der Waals surface area contributed by atoms with Crippen molar-refractivity contribution in [2.45, 2.75) is 38.6 Å². The van der Waals surface area contributed by atoms with Crippen LogP contribution in [0.25, 0.3) is 10.8 Å². The van der Waals surface area contributed by atoms with E-state index in [4.69, 9.17) is 14.2 Å². The molecule has 2 amide bonds. The van der Waals surface area contributed by atoms with Crippen LogP contribution in [-0.4, -0.2) is 57.0 Å². The van der Waals surface area contributed by atoms with Gasteiger partial charge in [0.1, 0.15) is 5.75 Å². The van der Waals surface area contributed by atoms with Gasteiger partial charge in [-0.15, -0.1) is 0 Å². The Bertz CT molecular complexity index is 1780. The first kappa shape index (κ1) is 30.8. The number of nitrogens with zero attached hydrogens (tertiary/aromatic N) is 2. The quantitative estimate of drug-likeness (QED) is 0.178. The fourth-order valence-electron chi connectivity index (χ4n) is 4.81. The molecular formula is C31H36N6O6S. The lowest BCUT2D eigenvalue weighted by molar-refractivity contribution is 0.195. The van der Waals surface area contributed by atoms with Crippen molar-refractivity contribution in [1.29, 1.82) is 0 Å². The zero-order valence-corrected chi connectivity index (χ0v) is 26.0. The Hall–Kier alpha value is -4.62. The average Bonchev–Trinajstić information content (AvgIpc) is 3.46. The number of carbonyl (C=O) groups excluding carboxylic acids is 1. The minimum Gasteiger partial charge on any atom is -0.492 e. The number of nitrogens with one attached hydrogen (secondary N) is 4. The molecule has 3 aromatic carbocycles. The van der Waals surface area contributed by atoms with Crippen molar-refractivity contribution < 1.29 is 27.4 Å². The molecule has 12 nitrogen and oxygen atoms in total. The number of amides is 2. The second-order valence-electron chi connectivity index (χ2n) is 11.5. The summed E-state index contributed by atoms with van der Waals surface area (Å²) in [5.74, 6) is 1.57. The smallest absolute Gasteiger partial charge is 0.323 e. The first-order chi connectivity index (χ1) is 20.9. The molecule has 232 valence electrons. The Morgan fingerprint density at radius 1 is 1.00 bits per heavy atom. The molecule has 1 unspecified atom stereocenters. The molecule has 1 saturated heterocycles. The first-order valence-electron chi connectivity index (χ1n) is 14.0. The van der Waals surface area contributed by atoms with Crippen molar-refractivity contribution in [2.24, 2.45) is 0 Å².